The molecule has 1 saturated heterocycles. The third-order valence-electron chi connectivity index (χ3n) is 4.17. The summed E-state index contributed by atoms with van der Waals surface area (Å²) in [7, 11) is 0. The van der Waals surface area contributed by atoms with Gasteiger partial charge in [0, 0.05) is 28.2 Å². The number of H-pyrrole nitrogens is 1. The van der Waals surface area contributed by atoms with E-state index in [1.165, 1.54) is 0 Å². The smallest absolute Gasteiger partial charge is 0.225 e. The lowest BCUT2D eigenvalue weighted by Gasteiger charge is -2.08. The molecule has 2 N–H and O–H groups in total. The Bertz CT molecular complexity index is 687. The number of fused-ring (bicyclic) bond motifs is 1. The van der Waals surface area contributed by atoms with Crippen molar-refractivity contribution < 1.29 is 9.53 Å². The summed E-state index contributed by atoms with van der Waals surface area (Å²) < 4.78 is 5.24. The Morgan fingerprint density at radius 2 is 2.27 bits per heavy atom. The number of hydrogen-bond acceptors (Lipinski definition) is 2. The maximum absolute atomic E-state index is 12.0. The van der Waals surface area contributed by atoms with Crippen LogP contribution in [0, 0.1) is 5.92 Å². The van der Waals surface area contributed by atoms with Crippen LogP contribution in [0.15, 0.2) is 18.2 Å². The van der Waals surface area contributed by atoms with E-state index < -0.39 is 0 Å². The standard InChI is InChI=1S/C17H21ClN2O2/c1-10(2)14-7-16-12(6-15(14)18)5-13(20-16)8-19-17(21)11-3-4-22-9-11/h5-7,10-11,20H,3-4,8-9H2,1-2H3,(H,19,21). The van der Waals surface area contributed by atoms with E-state index in [-0.39, 0.29) is 11.8 Å². The molecule has 1 fully saturated rings. The minimum atomic E-state index is -0.00799. The number of carbonyl (C=O) groups is 1. The number of carbonyl (C=O) groups excluding carboxylic acids is 1. The van der Waals surface area contributed by atoms with Crippen LogP contribution in [-0.4, -0.2) is 24.1 Å². The Labute approximate surface area is 135 Å². The fourth-order valence-electron chi connectivity index (χ4n) is 2.84. The fourth-order valence-corrected chi connectivity index (χ4v) is 3.23. The van der Waals surface area contributed by atoms with Gasteiger partial charge in [-0.05, 0) is 36.1 Å². The number of amides is 1. The molecule has 0 spiro atoms. The lowest BCUT2D eigenvalue weighted by Crippen LogP contribution is -2.30. The molecule has 0 aliphatic carbocycles. The number of ether oxygens (including phenoxy) is 1. The van der Waals surface area contributed by atoms with Crippen molar-refractivity contribution in [1.82, 2.24) is 10.3 Å². The first-order chi connectivity index (χ1) is 10.5. The van der Waals surface area contributed by atoms with E-state index in [4.69, 9.17) is 16.3 Å². The van der Waals surface area contributed by atoms with Gasteiger partial charge in [0.25, 0.3) is 0 Å². The molecule has 1 aromatic heterocycles. The van der Waals surface area contributed by atoms with Gasteiger partial charge in [0.2, 0.25) is 5.91 Å². The van der Waals surface area contributed by atoms with Gasteiger partial charge >= 0.3 is 0 Å². The molecule has 0 radical (unpaired) electrons. The van der Waals surface area contributed by atoms with Crippen molar-refractivity contribution in [2.45, 2.75) is 32.7 Å². The first-order valence-corrected chi connectivity index (χ1v) is 8.09. The molecule has 1 unspecified atom stereocenters. The zero-order valence-electron chi connectivity index (χ0n) is 12.9. The molecular weight excluding hydrogens is 300 g/mol. The average molecular weight is 321 g/mol. The Balaban J connectivity index is 1.73. The highest BCUT2D eigenvalue weighted by molar-refractivity contribution is 6.32. The first-order valence-electron chi connectivity index (χ1n) is 7.71. The van der Waals surface area contributed by atoms with Gasteiger partial charge in [0.05, 0.1) is 19.1 Å². The molecule has 2 heterocycles. The maximum Gasteiger partial charge on any atom is 0.225 e. The Morgan fingerprint density at radius 3 is 2.95 bits per heavy atom. The number of nitrogens with one attached hydrogen (secondary N) is 2. The van der Waals surface area contributed by atoms with Gasteiger partial charge in [-0.25, -0.2) is 0 Å². The van der Waals surface area contributed by atoms with Crippen molar-refractivity contribution in [1.29, 1.82) is 0 Å². The van der Waals surface area contributed by atoms with Crippen LogP contribution in [0.4, 0.5) is 0 Å². The quantitative estimate of drug-likeness (QED) is 0.904. The molecule has 1 aliphatic rings. The molecule has 0 saturated carbocycles. The van der Waals surface area contributed by atoms with E-state index in [1.54, 1.807) is 0 Å². The fraction of sp³-hybridized carbons (Fsp3) is 0.471. The van der Waals surface area contributed by atoms with Gasteiger partial charge in [-0.1, -0.05) is 25.4 Å². The van der Waals surface area contributed by atoms with Crippen molar-refractivity contribution in [3.05, 3.63) is 34.5 Å². The highest BCUT2D eigenvalue weighted by atomic mass is 35.5. The van der Waals surface area contributed by atoms with Gasteiger partial charge in [-0.15, -0.1) is 0 Å². The minimum absolute atomic E-state index is 0.00799. The molecule has 22 heavy (non-hydrogen) atoms. The summed E-state index contributed by atoms with van der Waals surface area (Å²) in [5.74, 6) is 0.439. The molecule has 0 bridgehead atoms. The van der Waals surface area contributed by atoms with E-state index in [2.05, 4.69) is 30.2 Å². The number of aromatic nitrogens is 1. The highest BCUT2D eigenvalue weighted by Crippen LogP contribution is 2.29. The Morgan fingerprint density at radius 1 is 1.45 bits per heavy atom. The minimum Gasteiger partial charge on any atom is -0.381 e. The van der Waals surface area contributed by atoms with Gasteiger partial charge in [-0.2, -0.15) is 0 Å². The number of rotatable bonds is 4. The van der Waals surface area contributed by atoms with Crippen molar-refractivity contribution in [2.75, 3.05) is 13.2 Å². The van der Waals surface area contributed by atoms with Crippen molar-refractivity contribution >= 4 is 28.4 Å². The molecular formula is C17H21ClN2O2. The maximum atomic E-state index is 12.0. The zero-order chi connectivity index (χ0) is 15.7. The predicted molar refractivity (Wildman–Crippen MR) is 88.2 cm³/mol. The van der Waals surface area contributed by atoms with Gasteiger partial charge < -0.3 is 15.0 Å². The van der Waals surface area contributed by atoms with Crippen LogP contribution >= 0.6 is 11.6 Å². The number of aromatic amines is 1. The van der Waals surface area contributed by atoms with Crippen molar-refractivity contribution in [3.8, 4) is 0 Å². The second-order valence-electron chi connectivity index (χ2n) is 6.19. The van der Waals surface area contributed by atoms with Gasteiger partial charge in [0.1, 0.15) is 0 Å². The van der Waals surface area contributed by atoms with Crippen molar-refractivity contribution in [2.24, 2.45) is 5.92 Å². The Hall–Kier alpha value is -1.52. The summed E-state index contributed by atoms with van der Waals surface area (Å²) in [4.78, 5) is 15.4. The SMILES string of the molecule is CC(C)c1cc2[nH]c(CNC(=O)C3CCOC3)cc2cc1Cl. The van der Waals surface area contributed by atoms with E-state index in [0.717, 1.165) is 33.6 Å². The van der Waals surface area contributed by atoms with Gasteiger partial charge in [-0.3, -0.25) is 4.79 Å². The average Bonchev–Trinajstić information content (AvgIpc) is 3.12. The van der Waals surface area contributed by atoms with Crippen LogP contribution in [0.5, 0.6) is 0 Å². The predicted octanol–water partition coefficient (Wildman–Crippen LogP) is 3.60. The summed E-state index contributed by atoms with van der Waals surface area (Å²) in [6, 6.07) is 6.12. The third-order valence-corrected chi connectivity index (χ3v) is 4.50. The Kier molecular flexibility index (Phi) is 4.41. The summed E-state index contributed by atoms with van der Waals surface area (Å²) in [5.41, 5.74) is 3.18. The summed E-state index contributed by atoms with van der Waals surface area (Å²) in [5, 5.41) is 4.83. The summed E-state index contributed by atoms with van der Waals surface area (Å²) >= 11 is 6.32. The van der Waals surface area contributed by atoms with E-state index in [9.17, 15) is 4.79 Å². The van der Waals surface area contributed by atoms with E-state index >= 15 is 0 Å². The van der Waals surface area contributed by atoms with E-state index in [0.29, 0.717) is 25.7 Å². The number of benzene rings is 1. The van der Waals surface area contributed by atoms with Crippen LogP contribution in [0.2, 0.25) is 5.02 Å². The molecule has 1 aliphatic heterocycles. The molecule has 1 atom stereocenters. The van der Waals surface area contributed by atoms with Crippen LogP contribution in [-0.2, 0) is 16.1 Å². The van der Waals surface area contributed by atoms with Crippen LogP contribution in [0.3, 0.4) is 0 Å². The van der Waals surface area contributed by atoms with Crippen molar-refractivity contribution in [3.63, 3.8) is 0 Å². The normalized spacial score (nSPS) is 18.3. The number of hydrogen-bond donors (Lipinski definition) is 2. The molecule has 1 amide bonds. The van der Waals surface area contributed by atoms with Crippen LogP contribution in [0.25, 0.3) is 10.9 Å². The molecule has 118 valence electrons. The first kappa shape index (κ1) is 15.4. The van der Waals surface area contributed by atoms with E-state index in [1.807, 2.05) is 12.1 Å². The lowest BCUT2D eigenvalue weighted by atomic mass is 10.0. The topological polar surface area (TPSA) is 54.1 Å². The second-order valence-corrected chi connectivity index (χ2v) is 6.60. The molecule has 3 rings (SSSR count). The van der Waals surface area contributed by atoms with Crippen LogP contribution in [0.1, 0.15) is 37.4 Å². The zero-order valence-corrected chi connectivity index (χ0v) is 13.7. The monoisotopic (exact) mass is 320 g/mol. The molecule has 5 heteroatoms. The largest absolute Gasteiger partial charge is 0.381 e. The summed E-state index contributed by atoms with van der Waals surface area (Å²) in [6.45, 7) is 5.97. The third kappa shape index (κ3) is 3.13. The molecule has 1 aromatic carbocycles. The second kappa shape index (κ2) is 6.31. The molecule has 4 nitrogen and oxygen atoms in total. The molecule has 2 aromatic rings. The lowest BCUT2D eigenvalue weighted by molar-refractivity contribution is -0.125. The number of halogens is 1. The summed E-state index contributed by atoms with van der Waals surface area (Å²) in [6.07, 6.45) is 0.811. The van der Waals surface area contributed by atoms with Gasteiger partial charge in [0.15, 0.2) is 0 Å². The van der Waals surface area contributed by atoms with Crippen LogP contribution < -0.4 is 5.32 Å². The highest BCUT2D eigenvalue weighted by Gasteiger charge is 2.23.